The highest BCUT2D eigenvalue weighted by molar-refractivity contribution is 4.84. The summed E-state index contributed by atoms with van der Waals surface area (Å²) in [6.07, 6.45) is 8.19. The van der Waals surface area contributed by atoms with E-state index in [0.717, 1.165) is 30.8 Å². The zero-order chi connectivity index (χ0) is 14.3. The van der Waals surface area contributed by atoms with Gasteiger partial charge in [0.05, 0.1) is 0 Å². The number of likely N-dealkylation sites (N-methyl/N-ethyl adjacent to an activating group) is 1. The van der Waals surface area contributed by atoms with Gasteiger partial charge in [0.1, 0.15) is 0 Å². The molecular weight excluding hydrogens is 232 g/mol. The van der Waals surface area contributed by atoms with Crippen LogP contribution in [-0.4, -0.2) is 30.6 Å². The molecule has 1 fully saturated rings. The average Bonchev–Trinajstić information content (AvgIpc) is 2.45. The van der Waals surface area contributed by atoms with Crippen molar-refractivity contribution in [3.63, 3.8) is 0 Å². The normalized spacial score (nSPS) is 26.1. The number of hydrogen-bond donors (Lipinski definition) is 1. The topological polar surface area (TPSA) is 29.3 Å². The maximum atomic E-state index is 6.13. The molecule has 2 nitrogen and oxygen atoms in total. The maximum Gasteiger partial charge on any atom is 0.0246 e. The van der Waals surface area contributed by atoms with Crippen molar-refractivity contribution in [2.24, 2.45) is 23.5 Å². The van der Waals surface area contributed by atoms with Gasteiger partial charge in [-0.2, -0.15) is 0 Å². The van der Waals surface area contributed by atoms with Crippen LogP contribution in [0.2, 0.25) is 0 Å². The molecule has 0 aromatic carbocycles. The van der Waals surface area contributed by atoms with Gasteiger partial charge in [0.2, 0.25) is 0 Å². The Kier molecular flexibility index (Phi) is 8.01. The van der Waals surface area contributed by atoms with E-state index in [4.69, 9.17) is 5.73 Å². The van der Waals surface area contributed by atoms with Gasteiger partial charge in [0.15, 0.2) is 0 Å². The molecule has 1 rings (SSSR count). The van der Waals surface area contributed by atoms with Crippen molar-refractivity contribution >= 4 is 0 Å². The minimum atomic E-state index is 0.623. The highest BCUT2D eigenvalue weighted by Gasteiger charge is 2.29. The third-order valence-electron chi connectivity index (χ3n) is 5.37. The molecule has 0 aromatic rings. The Labute approximate surface area is 121 Å². The zero-order valence-corrected chi connectivity index (χ0v) is 13.7. The molecule has 1 aliphatic rings. The molecule has 1 atom stereocenters. The van der Waals surface area contributed by atoms with Crippen LogP contribution < -0.4 is 5.73 Å². The monoisotopic (exact) mass is 268 g/mol. The minimum absolute atomic E-state index is 0.623. The Morgan fingerprint density at radius 1 is 1.05 bits per heavy atom. The standard InChI is InChI=1S/C17H36N2/c1-5-15(6-2)13-19(7-3)17(12-18)16-10-8-14(4)9-11-16/h14-17H,5-13,18H2,1-4H3. The van der Waals surface area contributed by atoms with Crippen molar-refractivity contribution in [1.82, 2.24) is 4.90 Å². The molecule has 0 heterocycles. The first-order valence-electron chi connectivity index (χ1n) is 8.60. The summed E-state index contributed by atoms with van der Waals surface area (Å²) in [6, 6.07) is 0.623. The van der Waals surface area contributed by atoms with E-state index in [9.17, 15) is 0 Å². The van der Waals surface area contributed by atoms with Crippen molar-refractivity contribution in [2.75, 3.05) is 19.6 Å². The van der Waals surface area contributed by atoms with Gasteiger partial charge in [-0.25, -0.2) is 0 Å². The van der Waals surface area contributed by atoms with Gasteiger partial charge in [0.25, 0.3) is 0 Å². The quantitative estimate of drug-likeness (QED) is 0.723. The van der Waals surface area contributed by atoms with E-state index >= 15 is 0 Å². The highest BCUT2D eigenvalue weighted by Crippen LogP contribution is 2.32. The highest BCUT2D eigenvalue weighted by atomic mass is 15.2. The summed E-state index contributed by atoms with van der Waals surface area (Å²) >= 11 is 0. The summed E-state index contributed by atoms with van der Waals surface area (Å²) in [5.41, 5.74) is 6.13. The predicted molar refractivity (Wildman–Crippen MR) is 85.3 cm³/mol. The summed E-state index contributed by atoms with van der Waals surface area (Å²) in [7, 11) is 0. The molecular formula is C17H36N2. The summed E-state index contributed by atoms with van der Waals surface area (Å²) in [6.45, 7) is 12.6. The fraction of sp³-hybridized carbons (Fsp3) is 1.00. The minimum Gasteiger partial charge on any atom is -0.329 e. The summed E-state index contributed by atoms with van der Waals surface area (Å²) < 4.78 is 0. The predicted octanol–water partition coefficient (Wildman–Crippen LogP) is 3.90. The van der Waals surface area contributed by atoms with Crippen LogP contribution in [0.1, 0.15) is 66.2 Å². The summed E-state index contributed by atoms with van der Waals surface area (Å²) in [5, 5.41) is 0. The number of nitrogens with two attached hydrogens (primary N) is 1. The Bertz CT molecular complexity index is 217. The second kappa shape index (κ2) is 8.97. The summed E-state index contributed by atoms with van der Waals surface area (Å²) in [5.74, 6) is 2.62. The fourth-order valence-electron chi connectivity index (χ4n) is 3.69. The van der Waals surface area contributed by atoms with E-state index < -0.39 is 0 Å². The molecule has 0 amide bonds. The largest absolute Gasteiger partial charge is 0.329 e. The van der Waals surface area contributed by atoms with Gasteiger partial charge in [-0.1, -0.05) is 53.4 Å². The molecule has 19 heavy (non-hydrogen) atoms. The molecule has 2 heteroatoms. The number of hydrogen-bond acceptors (Lipinski definition) is 2. The first kappa shape index (κ1) is 17.0. The first-order chi connectivity index (χ1) is 9.15. The Hall–Kier alpha value is -0.0800. The van der Waals surface area contributed by atoms with Crippen molar-refractivity contribution < 1.29 is 0 Å². The molecule has 2 N–H and O–H groups in total. The second-order valence-corrected chi connectivity index (χ2v) is 6.59. The SMILES string of the molecule is CCC(CC)CN(CC)C(CN)C1CCC(C)CC1. The maximum absolute atomic E-state index is 6.13. The molecule has 0 radical (unpaired) electrons. The average molecular weight is 268 g/mol. The third-order valence-corrected chi connectivity index (χ3v) is 5.37. The Balaban J connectivity index is 2.58. The van der Waals surface area contributed by atoms with E-state index in [0.29, 0.717) is 6.04 Å². The van der Waals surface area contributed by atoms with Crippen LogP contribution in [0.4, 0.5) is 0 Å². The summed E-state index contributed by atoms with van der Waals surface area (Å²) in [4.78, 5) is 2.68. The molecule has 0 aliphatic heterocycles. The molecule has 1 unspecified atom stereocenters. The van der Waals surface area contributed by atoms with E-state index in [1.807, 2.05) is 0 Å². The van der Waals surface area contributed by atoms with Crippen molar-refractivity contribution in [1.29, 1.82) is 0 Å². The Morgan fingerprint density at radius 3 is 2.05 bits per heavy atom. The molecule has 114 valence electrons. The third kappa shape index (κ3) is 5.07. The van der Waals surface area contributed by atoms with Crippen LogP contribution in [0.25, 0.3) is 0 Å². The fourth-order valence-corrected chi connectivity index (χ4v) is 3.69. The van der Waals surface area contributed by atoms with Gasteiger partial charge in [-0.05, 0) is 37.1 Å². The van der Waals surface area contributed by atoms with Gasteiger partial charge >= 0.3 is 0 Å². The first-order valence-corrected chi connectivity index (χ1v) is 8.60. The number of nitrogens with zero attached hydrogens (tertiary/aromatic N) is 1. The zero-order valence-electron chi connectivity index (χ0n) is 13.7. The number of rotatable bonds is 8. The second-order valence-electron chi connectivity index (χ2n) is 6.59. The van der Waals surface area contributed by atoms with Crippen LogP contribution in [0.3, 0.4) is 0 Å². The Morgan fingerprint density at radius 2 is 1.63 bits per heavy atom. The van der Waals surface area contributed by atoms with Gasteiger partial charge in [-0.3, -0.25) is 4.90 Å². The van der Waals surface area contributed by atoms with Crippen LogP contribution >= 0.6 is 0 Å². The van der Waals surface area contributed by atoms with Crippen molar-refractivity contribution in [2.45, 2.75) is 72.3 Å². The molecule has 1 saturated carbocycles. The molecule has 0 aromatic heterocycles. The van der Waals surface area contributed by atoms with Gasteiger partial charge in [-0.15, -0.1) is 0 Å². The van der Waals surface area contributed by atoms with Gasteiger partial charge < -0.3 is 5.73 Å². The molecule has 1 aliphatic carbocycles. The lowest BCUT2D eigenvalue weighted by molar-refractivity contribution is 0.0989. The van der Waals surface area contributed by atoms with Gasteiger partial charge in [0, 0.05) is 19.1 Å². The molecule has 0 spiro atoms. The van der Waals surface area contributed by atoms with Crippen LogP contribution in [-0.2, 0) is 0 Å². The lowest BCUT2D eigenvalue weighted by Gasteiger charge is -2.40. The molecule has 0 saturated heterocycles. The lowest BCUT2D eigenvalue weighted by Crippen LogP contribution is -2.48. The van der Waals surface area contributed by atoms with E-state index in [-0.39, 0.29) is 0 Å². The lowest BCUT2D eigenvalue weighted by atomic mass is 9.78. The van der Waals surface area contributed by atoms with Crippen molar-refractivity contribution in [3.05, 3.63) is 0 Å². The van der Waals surface area contributed by atoms with E-state index in [1.165, 1.54) is 45.1 Å². The van der Waals surface area contributed by atoms with E-state index in [1.54, 1.807) is 0 Å². The smallest absolute Gasteiger partial charge is 0.0246 e. The van der Waals surface area contributed by atoms with Crippen LogP contribution in [0.5, 0.6) is 0 Å². The van der Waals surface area contributed by atoms with Crippen LogP contribution in [0.15, 0.2) is 0 Å². The van der Waals surface area contributed by atoms with Crippen molar-refractivity contribution in [3.8, 4) is 0 Å². The van der Waals surface area contributed by atoms with Crippen LogP contribution in [0, 0.1) is 17.8 Å². The van der Waals surface area contributed by atoms with E-state index in [2.05, 4.69) is 32.6 Å². The molecule has 0 bridgehead atoms.